The Morgan fingerprint density at radius 3 is 2.77 bits per heavy atom. The molecule has 0 atom stereocenters. The summed E-state index contributed by atoms with van der Waals surface area (Å²) in [5, 5.41) is 6.94. The zero-order valence-electron chi connectivity index (χ0n) is 11.3. The van der Waals surface area contributed by atoms with E-state index < -0.39 is 5.82 Å². The predicted molar refractivity (Wildman–Crippen MR) is 90.2 cm³/mol. The molecule has 3 aromatic rings. The molecule has 3 rings (SSSR count). The monoisotopic (exact) mass is 331 g/mol. The largest absolute Gasteiger partial charge is 0.253 e. The van der Waals surface area contributed by atoms with Gasteiger partial charge in [-0.05, 0) is 18.2 Å². The maximum atomic E-state index is 13.6. The zero-order chi connectivity index (χ0) is 15.4. The van der Waals surface area contributed by atoms with Gasteiger partial charge in [0.1, 0.15) is 5.82 Å². The first-order valence-electron chi connectivity index (χ1n) is 6.47. The molecule has 6 heteroatoms. The van der Waals surface area contributed by atoms with E-state index in [-0.39, 0.29) is 0 Å². The lowest BCUT2D eigenvalue weighted by Crippen LogP contribution is -1.92. The molecular weight excluding hydrogens is 321 g/mol. The highest BCUT2D eigenvalue weighted by atomic mass is 35.5. The summed E-state index contributed by atoms with van der Waals surface area (Å²) in [4.78, 5) is 4.43. The molecule has 0 radical (unpaired) electrons. The maximum Gasteiger partial charge on any atom is 0.203 e. The van der Waals surface area contributed by atoms with Crippen LogP contribution in [0, 0.1) is 5.82 Å². The highest BCUT2D eigenvalue weighted by molar-refractivity contribution is 7.14. The van der Waals surface area contributed by atoms with Crippen LogP contribution in [0.15, 0.2) is 59.0 Å². The first kappa shape index (κ1) is 14.7. The normalized spacial score (nSPS) is 11.0. The lowest BCUT2D eigenvalue weighted by Gasteiger charge is -1.97. The van der Waals surface area contributed by atoms with Crippen molar-refractivity contribution in [2.75, 3.05) is 5.43 Å². The number of hydrazone groups is 1. The second-order valence-electron chi connectivity index (χ2n) is 4.44. The van der Waals surface area contributed by atoms with Crippen LogP contribution in [0.4, 0.5) is 9.52 Å². The number of benzene rings is 2. The van der Waals surface area contributed by atoms with Crippen LogP contribution >= 0.6 is 22.9 Å². The topological polar surface area (TPSA) is 37.3 Å². The molecule has 0 aliphatic rings. The molecule has 0 aliphatic heterocycles. The molecule has 3 nitrogen and oxygen atoms in total. The molecular formula is C16H11ClFN3S. The van der Waals surface area contributed by atoms with Crippen molar-refractivity contribution in [3.8, 4) is 11.3 Å². The van der Waals surface area contributed by atoms with Crippen LogP contribution in [-0.4, -0.2) is 11.2 Å². The quantitative estimate of drug-likeness (QED) is 0.536. The average molecular weight is 332 g/mol. The van der Waals surface area contributed by atoms with Crippen LogP contribution in [0.2, 0.25) is 5.02 Å². The van der Waals surface area contributed by atoms with E-state index >= 15 is 0 Å². The molecule has 0 spiro atoms. The predicted octanol–water partition coefficient (Wildman–Crippen LogP) is 5.05. The Balaban J connectivity index is 1.69. The van der Waals surface area contributed by atoms with Crippen molar-refractivity contribution in [3.05, 3.63) is 70.3 Å². The molecule has 0 bridgehead atoms. The first-order chi connectivity index (χ1) is 10.7. The molecule has 1 N–H and O–H groups in total. The summed E-state index contributed by atoms with van der Waals surface area (Å²) in [5.41, 5.74) is 5.08. The Morgan fingerprint density at radius 2 is 2.00 bits per heavy atom. The number of hydrogen-bond donors (Lipinski definition) is 1. The number of aromatic nitrogens is 1. The number of thiazole rings is 1. The van der Waals surface area contributed by atoms with E-state index in [2.05, 4.69) is 15.5 Å². The molecule has 0 unspecified atom stereocenters. The minimum Gasteiger partial charge on any atom is -0.253 e. The van der Waals surface area contributed by atoms with Crippen molar-refractivity contribution in [1.82, 2.24) is 4.98 Å². The van der Waals surface area contributed by atoms with Gasteiger partial charge in [0.15, 0.2) is 0 Å². The van der Waals surface area contributed by atoms with Gasteiger partial charge in [-0.25, -0.2) is 9.37 Å². The number of nitrogens with zero attached hydrogens (tertiary/aromatic N) is 2. The number of halogens is 2. The van der Waals surface area contributed by atoms with Crippen molar-refractivity contribution >= 4 is 34.3 Å². The van der Waals surface area contributed by atoms with Crippen LogP contribution in [0.25, 0.3) is 11.3 Å². The van der Waals surface area contributed by atoms with Gasteiger partial charge >= 0.3 is 0 Å². The standard InChI is InChI=1S/C16H11ClFN3S/c17-13-7-6-12(14(18)8-13)9-19-21-16-20-15(10-22-16)11-4-2-1-3-5-11/h1-10H,(H,20,21). The Labute approximate surface area is 136 Å². The smallest absolute Gasteiger partial charge is 0.203 e. The molecule has 22 heavy (non-hydrogen) atoms. The van der Waals surface area contributed by atoms with E-state index in [1.165, 1.54) is 23.6 Å². The van der Waals surface area contributed by atoms with Gasteiger partial charge in [0.25, 0.3) is 0 Å². The van der Waals surface area contributed by atoms with Gasteiger partial charge in [-0.15, -0.1) is 11.3 Å². The van der Waals surface area contributed by atoms with Crippen LogP contribution < -0.4 is 5.43 Å². The van der Waals surface area contributed by atoms with Crippen LogP contribution in [0.5, 0.6) is 0 Å². The fourth-order valence-corrected chi connectivity index (χ4v) is 2.66. The van der Waals surface area contributed by atoms with Crippen molar-refractivity contribution in [3.63, 3.8) is 0 Å². The van der Waals surface area contributed by atoms with E-state index in [0.717, 1.165) is 11.3 Å². The van der Waals surface area contributed by atoms with Crippen LogP contribution in [-0.2, 0) is 0 Å². The molecule has 0 saturated heterocycles. The molecule has 2 aromatic carbocycles. The zero-order valence-corrected chi connectivity index (χ0v) is 12.9. The van der Waals surface area contributed by atoms with Gasteiger partial charge in [-0.3, -0.25) is 5.43 Å². The van der Waals surface area contributed by atoms with Gasteiger partial charge in [-0.2, -0.15) is 5.10 Å². The number of nitrogens with one attached hydrogen (secondary N) is 1. The minimum atomic E-state index is -0.415. The molecule has 110 valence electrons. The van der Waals surface area contributed by atoms with E-state index in [4.69, 9.17) is 11.6 Å². The Kier molecular flexibility index (Phi) is 4.46. The summed E-state index contributed by atoms with van der Waals surface area (Å²) in [6.45, 7) is 0. The summed E-state index contributed by atoms with van der Waals surface area (Å²) in [6.07, 6.45) is 1.40. The van der Waals surface area contributed by atoms with Gasteiger partial charge in [-0.1, -0.05) is 41.9 Å². The van der Waals surface area contributed by atoms with E-state index in [1.807, 2.05) is 35.7 Å². The Hall–Kier alpha value is -2.24. The fraction of sp³-hybridized carbons (Fsp3) is 0. The molecule has 0 saturated carbocycles. The van der Waals surface area contributed by atoms with Crippen molar-refractivity contribution in [2.24, 2.45) is 5.10 Å². The summed E-state index contributed by atoms with van der Waals surface area (Å²) < 4.78 is 13.6. The second-order valence-corrected chi connectivity index (χ2v) is 5.73. The lowest BCUT2D eigenvalue weighted by molar-refractivity contribution is 0.626. The highest BCUT2D eigenvalue weighted by Crippen LogP contribution is 2.24. The van der Waals surface area contributed by atoms with Gasteiger partial charge in [0.05, 0.1) is 11.9 Å². The molecule has 1 aromatic heterocycles. The lowest BCUT2D eigenvalue weighted by atomic mass is 10.2. The molecule has 0 amide bonds. The summed E-state index contributed by atoms with van der Waals surface area (Å²) in [6, 6.07) is 14.3. The van der Waals surface area contributed by atoms with Crippen LogP contribution in [0.3, 0.4) is 0 Å². The van der Waals surface area contributed by atoms with Crippen molar-refractivity contribution < 1.29 is 4.39 Å². The summed E-state index contributed by atoms with van der Waals surface area (Å²) in [7, 11) is 0. The third kappa shape index (κ3) is 3.50. The minimum absolute atomic E-state index is 0.357. The summed E-state index contributed by atoms with van der Waals surface area (Å²) >= 11 is 7.13. The molecule has 0 fully saturated rings. The highest BCUT2D eigenvalue weighted by Gasteiger charge is 2.03. The number of anilines is 1. The Bertz CT molecular complexity index is 802. The van der Waals surface area contributed by atoms with E-state index in [1.54, 1.807) is 12.1 Å². The van der Waals surface area contributed by atoms with Gasteiger partial charge < -0.3 is 0 Å². The third-order valence-electron chi connectivity index (χ3n) is 2.90. The maximum absolute atomic E-state index is 13.6. The van der Waals surface area contributed by atoms with Gasteiger partial charge in [0, 0.05) is 21.5 Å². The fourth-order valence-electron chi connectivity index (χ4n) is 1.83. The van der Waals surface area contributed by atoms with Gasteiger partial charge in [0.2, 0.25) is 5.13 Å². The second kappa shape index (κ2) is 6.68. The third-order valence-corrected chi connectivity index (χ3v) is 3.88. The van der Waals surface area contributed by atoms with Crippen LogP contribution in [0.1, 0.15) is 5.56 Å². The first-order valence-corrected chi connectivity index (χ1v) is 7.73. The van der Waals surface area contributed by atoms with E-state index in [9.17, 15) is 4.39 Å². The Morgan fingerprint density at radius 1 is 1.18 bits per heavy atom. The number of rotatable bonds is 4. The van der Waals surface area contributed by atoms with E-state index in [0.29, 0.717) is 15.7 Å². The van der Waals surface area contributed by atoms with Crippen molar-refractivity contribution in [2.45, 2.75) is 0 Å². The molecule has 0 aliphatic carbocycles. The average Bonchev–Trinajstić information content (AvgIpc) is 2.99. The summed E-state index contributed by atoms with van der Waals surface area (Å²) in [5.74, 6) is -0.415. The van der Waals surface area contributed by atoms with Crippen molar-refractivity contribution in [1.29, 1.82) is 0 Å². The number of hydrogen-bond acceptors (Lipinski definition) is 4. The molecule has 1 heterocycles. The SMILES string of the molecule is Fc1cc(Cl)ccc1C=NNc1nc(-c2ccccc2)cs1.